The summed E-state index contributed by atoms with van der Waals surface area (Å²) in [4.78, 5) is 11.1. The summed E-state index contributed by atoms with van der Waals surface area (Å²) >= 11 is 0. The van der Waals surface area contributed by atoms with Gasteiger partial charge in [0.05, 0.1) is 16.1 Å². The SMILES string of the molecule is Cc1cc(S(=O)(=O)N(C)c2ccccc2C(=O)O)ccc1F. The lowest BCUT2D eigenvalue weighted by Gasteiger charge is -2.21. The van der Waals surface area contributed by atoms with Crippen molar-refractivity contribution in [2.24, 2.45) is 0 Å². The lowest BCUT2D eigenvalue weighted by molar-refractivity contribution is 0.0698. The molecule has 0 spiro atoms. The molecule has 2 aromatic carbocycles. The number of rotatable bonds is 4. The van der Waals surface area contributed by atoms with Crippen molar-refractivity contribution in [3.8, 4) is 0 Å². The predicted molar refractivity (Wildman–Crippen MR) is 80.1 cm³/mol. The molecule has 0 radical (unpaired) electrons. The molecule has 0 heterocycles. The van der Waals surface area contributed by atoms with Crippen LogP contribution in [0, 0.1) is 12.7 Å². The van der Waals surface area contributed by atoms with Crippen LogP contribution in [0.3, 0.4) is 0 Å². The quantitative estimate of drug-likeness (QED) is 0.938. The lowest BCUT2D eigenvalue weighted by atomic mass is 10.2. The Morgan fingerprint density at radius 2 is 1.82 bits per heavy atom. The maximum atomic E-state index is 13.3. The van der Waals surface area contributed by atoms with Gasteiger partial charge in [-0.15, -0.1) is 0 Å². The van der Waals surface area contributed by atoms with Crippen molar-refractivity contribution in [3.05, 3.63) is 59.4 Å². The first-order chi connectivity index (χ1) is 10.2. The zero-order chi connectivity index (χ0) is 16.5. The average molecular weight is 323 g/mol. The third-order valence-corrected chi connectivity index (χ3v) is 5.03. The monoisotopic (exact) mass is 323 g/mol. The summed E-state index contributed by atoms with van der Waals surface area (Å²) in [6.07, 6.45) is 0. The van der Waals surface area contributed by atoms with Gasteiger partial charge in [-0.05, 0) is 42.8 Å². The van der Waals surface area contributed by atoms with Gasteiger partial charge in [-0.3, -0.25) is 4.31 Å². The Labute approximate surface area is 127 Å². The van der Waals surface area contributed by atoms with Gasteiger partial charge in [0.25, 0.3) is 10.0 Å². The van der Waals surface area contributed by atoms with E-state index in [9.17, 15) is 17.6 Å². The van der Waals surface area contributed by atoms with Crippen molar-refractivity contribution in [2.75, 3.05) is 11.4 Å². The molecule has 7 heteroatoms. The van der Waals surface area contributed by atoms with E-state index in [1.54, 1.807) is 6.07 Å². The highest BCUT2D eigenvalue weighted by Gasteiger charge is 2.25. The number of hydrogen-bond acceptors (Lipinski definition) is 3. The first-order valence-electron chi connectivity index (χ1n) is 6.32. The summed E-state index contributed by atoms with van der Waals surface area (Å²) in [5.41, 5.74) is 0.102. The molecule has 116 valence electrons. The maximum Gasteiger partial charge on any atom is 0.337 e. The highest BCUT2D eigenvalue weighted by molar-refractivity contribution is 7.92. The van der Waals surface area contributed by atoms with E-state index in [1.165, 1.54) is 38.2 Å². The van der Waals surface area contributed by atoms with Crippen LogP contribution in [-0.4, -0.2) is 26.5 Å². The second kappa shape index (κ2) is 5.76. The van der Waals surface area contributed by atoms with Crippen molar-refractivity contribution in [2.45, 2.75) is 11.8 Å². The van der Waals surface area contributed by atoms with Crippen molar-refractivity contribution >= 4 is 21.7 Å². The summed E-state index contributed by atoms with van der Waals surface area (Å²) in [5.74, 6) is -1.74. The Hall–Kier alpha value is -2.41. The molecule has 0 unspecified atom stereocenters. The molecule has 0 saturated heterocycles. The molecule has 0 amide bonds. The maximum absolute atomic E-state index is 13.3. The van der Waals surface area contributed by atoms with E-state index in [2.05, 4.69) is 0 Å². The van der Waals surface area contributed by atoms with Crippen LogP contribution in [0.5, 0.6) is 0 Å². The van der Waals surface area contributed by atoms with Crippen LogP contribution in [-0.2, 0) is 10.0 Å². The molecule has 0 aliphatic rings. The van der Waals surface area contributed by atoms with Crippen LogP contribution in [0.25, 0.3) is 0 Å². The molecule has 0 atom stereocenters. The second-order valence-electron chi connectivity index (χ2n) is 4.71. The third kappa shape index (κ3) is 2.80. The zero-order valence-corrected chi connectivity index (χ0v) is 12.8. The Morgan fingerprint density at radius 3 is 2.41 bits per heavy atom. The van der Waals surface area contributed by atoms with E-state index >= 15 is 0 Å². The summed E-state index contributed by atoms with van der Waals surface area (Å²) in [7, 11) is -2.72. The minimum Gasteiger partial charge on any atom is -0.478 e. The molecule has 0 aliphatic heterocycles. The third-order valence-electron chi connectivity index (χ3n) is 3.26. The van der Waals surface area contributed by atoms with E-state index in [4.69, 9.17) is 5.11 Å². The number of carbonyl (C=O) groups is 1. The largest absolute Gasteiger partial charge is 0.478 e. The predicted octanol–water partition coefficient (Wildman–Crippen LogP) is 2.66. The van der Waals surface area contributed by atoms with Crippen LogP contribution >= 0.6 is 0 Å². The summed E-state index contributed by atoms with van der Waals surface area (Å²) in [6.45, 7) is 1.46. The smallest absolute Gasteiger partial charge is 0.337 e. The Morgan fingerprint density at radius 1 is 1.18 bits per heavy atom. The van der Waals surface area contributed by atoms with Gasteiger partial charge in [-0.1, -0.05) is 12.1 Å². The molecule has 2 aromatic rings. The van der Waals surface area contributed by atoms with Crippen LogP contribution in [0.2, 0.25) is 0 Å². The number of halogens is 1. The average Bonchev–Trinajstić information content (AvgIpc) is 2.49. The Balaban J connectivity index is 2.54. The molecule has 1 N–H and O–H groups in total. The van der Waals surface area contributed by atoms with Gasteiger partial charge >= 0.3 is 5.97 Å². The van der Waals surface area contributed by atoms with Crippen LogP contribution in [0.15, 0.2) is 47.4 Å². The van der Waals surface area contributed by atoms with Gasteiger partial charge in [0.1, 0.15) is 5.82 Å². The fourth-order valence-corrected chi connectivity index (χ4v) is 3.29. The molecule has 0 bridgehead atoms. The zero-order valence-electron chi connectivity index (χ0n) is 11.9. The fraction of sp³-hybridized carbons (Fsp3) is 0.133. The number of nitrogens with zero attached hydrogens (tertiary/aromatic N) is 1. The van der Waals surface area contributed by atoms with Crippen LogP contribution in [0.1, 0.15) is 15.9 Å². The molecule has 0 aromatic heterocycles. The van der Waals surface area contributed by atoms with E-state index in [1.807, 2.05) is 0 Å². The summed E-state index contributed by atoms with van der Waals surface area (Å²) in [5, 5.41) is 9.16. The number of para-hydroxylation sites is 1. The van der Waals surface area contributed by atoms with E-state index in [-0.39, 0.29) is 21.7 Å². The molecular weight excluding hydrogens is 309 g/mol. The van der Waals surface area contributed by atoms with Crippen molar-refractivity contribution in [1.82, 2.24) is 0 Å². The molecular formula is C15H14FNO4S. The number of benzene rings is 2. The molecule has 5 nitrogen and oxygen atoms in total. The molecule has 0 fully saturated rings. The summed E-state index contributed by atoms with van der Waals surface area (Å²) in [6, 6.07) is 9.21. The number of aromatic carboxylic acids is 1. The van der Waals surface area contributed by atoms with Crippen molar-refractivity contribution in [3.63, 3.8) is 0 Å². The first kappa shape index (κ1) is 16.0. The molecule has 22 heavy (non-hydrogen) atoms. The number of aryl methyl sites for hydroxylation is 1. The van der Waals surface area contributed by atoms with Gasteiger partial charge in [0, 0.05) is 7.05 Å². The van der Waals surface area contributed by atoms with Gasteiger partial charge in [0.2, 0.25) is 0 Å². The van der Waals surface area contributed by atoms with Gasteiger partial charge in [-0.25, -0.2) is 17.6 Å². The Bertz CT molecular complexity index is 833. The van der Waals surface area contributed by atoms with Gasteiger partial charge in [0.15, 0.2) is 0 Å². The number of carboxylic acids is 1. The van der Waals surface area contributed by atoms with Gasteiger partial charge < -0.3 is 5.11 Å². The van der Waals surface area contributed by atoms with E-state index in [0.29, 0.717) is 0 Å². The highest BCUT2D eigenvalue weighted by Crippen LogP contribution is 2.26. The van der Waals surface area contributed by atoms with Crippen LogP contribution < -0.4 is 4.31 Å². The highest BCUT2D eigenvalue weighted by atomic mass is 32.2. The normalized spacial score (nSPS) is 11.2. The topological polar surface area (TPSA) is 74.7 Å². The minimum absolute atomic E-state index is 0.0389. The summed E-state index contributed by atoms with van der Waals surface area (Å²) < 4.78 is 39.3. The Kier molecular flexibility index (Phi) is 4.18. The molecule has 2 rings (SSSR count). The first-order valence-corrected chi connectivity index (χ1v) is 7.76. The van der Waals surface area contributed by atoms with Crippen molar-refractivity contribution in [1.29, 1.82) is 0 Å². The number of hydrogen-bond donors (Lipinski definition) is 1. The van der Waals surface area contributed by atoms with Gasteiger partial charge in [-0.2, -0.15) is 0 Å². The lowest BCUT2D eigenvalue weighted by Crippen LogP contribution is -2.28. The van der Waals surface area contributed by atoms with Crippen LogP contribution in [0.4, 0.5) is 10.1 Å². The second-order valence-corrected chi connectivity index (χ2v) is 6.68. The number of sulfonamides is 1. The minimum atomic E-state index is -3.98. The molecule has 0 aliphatic carbocycles. The molecule has 0 saturated carbocycles. The fourth-order valence-electron chi connectivity index (χ4n) is 1.99. The van der Waals surface area contributed by atoms with E-state index in [0.717, 1.165) is 16.4 Å². The van der Waals surface area contributed by atoms with Crippen molar-refractivity contribution < 1.29 is 22.7 Å². The number of anilines is 1. The standard InChI is InChI=1S/C15H14FNO4S/c1-10-9-11(7-8-13(10)16)22(20,21)17(2)14-6-4-3-5-12(14)15(18)19/h3-9H,1-2H3,(H,18,19). The number of carboxylic acid groups (broad SMARTS) is 1. The van der Waals surface area contributed by atoms with E-state index < -0.39 is 21.8 Å².